The van der Waals surface area contributed by atoms with Gasteiger partial charge in [0.15, 0.2) is 0 Å². The molecular formula is C18H23N3OS. The molecule has 1 fully saturated rings. The monoisotopic (exact) mass is 329 g/mol. The van der Waals surface area contributed by atoms with Crippen LogP contribution in [0.3, 0.4) is 0 Å². The summed E-state index contributed by atoms with van der Waals surface area (Å²) < 4.78 is 0. The van der Waals surface area contributed by atoms with Gasteiger partial charge < -0.3 is 11.1 Å². The number of nitrogens with two attached hydrogens (primary N) is 1. The molecule has 23 heavy (non-hydrogen) atoms. The number of thiophene rings is 1. The SMILES string of the molecule is NC(C(=O)NCC(c1cccs1)N1CCCC1)c1ccccc1. The Morgan fingerprint density at radius 1 is 1.17 bits per heavy atom. The lowest BCUT2D eigenvalue weighted by Gasteiger charge is -2.27. The number of likely N-dealkylation sites (tertiary alicyclic amines) is 1. The predicted octanol–water partition coefficient (Wildman–Crippen LogP) is 2.70. The van der Waals surface area contributed by atoms with Gasteiger partial charge in [0.1, 0.15) is 6.04 Å². The fourth-order valence-corrected chi connectivity index (χ4v) is 3.92. The maximum atomic E-state index is 12.4. The zero-order valence-electron chi connectivity index (χ0n) is 13.2. The molecule has 1 amide bonds. The average Bonchev–Trinajstić information content (AvgIpc) is 3.29. The Bertz CT molecular complexity index is 608. The van der Waals surface area contributed by atoms with E-state index in [0.717, 1.165) is 18.7 Å². The second kappa shape index (κ2) is 7.73. The molecular weight excluding hydrogens is 306 g/mol. The molecule has 3 N–H and O–H groups in total. The van der Waals surface area contributed by atoms with E-state index < -0.39 is 6.04 Å². The van der Waals surface area contributed by atoms with Gasteiger partial charge in [-0.25, -0.2) is 0 Å². The summed E-state index contributed by atoms with van der Waals surface area (Å²) in [5.41, 5.74) is 6.92. The van der Waals surface area contributed by atoms with Gasteiger partial charge in [-0.3, -0.25) is 9.69 Å². The number of carbonyl (C=O) groups is 1. The molecule has 122 valence electrons. The number of hydrogen-bond donors (Lipinski definition) is 2. The molecule has 1 aromatic carbocycles. The van der Waals surface area contributed by atoms with E-state index in [1.165, 1.54) is 17.7 Å². The molecule has 1 saturated heterocycles. The lowest BCUT2D eigenvalue weighted by atomic mass is 10.1. The van der Waals surface area contributed by atoms with Crippen LogP contribution in [0.5, 0.6) is 0 Å². The van der Waals surface area contributed by atoms with Crippen LogP contribution in [-0.2, 0) is 4.79 Å². The number of rotatable bonds is 6. The van der Waals surface area contributed by atoms with Gasteiger partial charge in [-0.2, -0.15) is 0 Å². The first-order valence-corrected chi connectivity index (χ1v) is 8.99. The summed E-state index contributed by atoms with van der Waals surface area (Å²) in [6.45, 7) is 2.81. The third kappa shape index (κ3) is 3.99. The Morgan fingerprint density at radius 3 is 2.57 bits per heavy atom. The topological polar surface area (TPSA) is 58.4 Å². The third-order valence-corrected chi connectivity index (χ3v) is 5.34. The van der Waals surface area contributed by atoms with Crippen LogP contribution in [0.25, 0.3) is 0 Å². The number of nitrogens with one attached hydrogen (secondary N) is 1. The fraction of sp³-hybridized carbons (Fsp3) is 0.389. The molecule has 0 aliphatic carbocycles. The summed E-state index contributed by atoms with van der Waals surface area (Å²) in [5, 5.41) is 5.14. The van der Waals surface area contributed by atoms with Crippen molar-refractivity contribution in [2.75, 3.05) is 19.6 Å². The molecule has 1 aromatic heterocycles. The summed E-state index contributed by atoms with van der Waals surface area (Å²) in [6, 6.07) is 13.4. The standard InChI is InChI=1S/C18H23N3OS/c19-17(14-7-2-1-3-8-14)18(22)20-13-15(16-9-6-12-23-16)21-10-4-5-11-21/h1-3,6-9,12,15,17H,4-5,10-11,13,19H2,(H,20,22). The number of nitrogens with zero attached hydrogens (tertiary/aromatic N) is 1. The first-order chi connectivity index (χ1) is 11.3. The number of benzene rings is 1. The first-order valence-electron chi connectivity index (χ1n) is 8.11. The molecule has 1 aliphatic heterocycles. The third-order valence-electron chi connectivity index (χ3n) is 4.36. The minimum atomic E-state index is -0.612. The van der Waals surface area contributed by atoms with E-state index in [0.29, 0.717) is 6.54 Å². The summed E-state index contributed by atoms with van der Waals surface area (Å²) in [5.74, 6) is -0.114. The van der Waals surface area contributed by atoms with Crippen molar-refractivity contribution in [2.24, 2.45) is 5.73 Å². The summed E-state index contributed by atoms with van der Waals surface area (Å²) in [7, 11) is 0. The van der Waals surface area contributed by atoms with Crippen molar-refractivity contribution in [3.05, 3.63) is 58.3 Å². The van der Waals surface area contributed by atoms with Crippen LogP contribution in [-0.4, -0.2) is 30.4 Å². The maximum Gasteiger partial charge on any atom is 0.241 e. The Hall–Kier alpha value is -1.69. The molecule has 2 heterocycles. The minimum Gasteiger partial charge on any atom is -0.352 e. The molecule has 0 radical (unpaired) electrons. The van der Waals surface area contributed by atoms with Crippen LogP contribution in [0, 0.1) is 0 Å². The van der Waals surface area contributed by atoms with Gasteiger partial charge >= 0.3 is 0 Å². The average molecular weight is 329 g/mol. The zero-order valence-corrected chi connectivity index (χ0v) is 14.0. The van der Waals surface area contributed by atoms with Crippen LogP contribution in [0.4, 0.5) is 0 Å². The predicted molar refractivity (Wildman–Crippen MR) is 94.2 cm³/mol. The first kappa shape index (κ1) is 16.2. The Labute approximate surface area is 141 Å². The normalized spacial score (nSPS) is 17.8. The molecule has 0 spiro atoms. The van der Waals surface area contributed by atoms with Crippen molar-refractivity contribution in [2.45, 2.75) is 24.9 Å². The molecule has 2 atom stereocenters. The van der Waals surface area contributed by atoms with Crippen LogP contribution in [0.15, 0.2) is 47.8 Å². The maximum absolute atomic E-state index is 12.4. The zero-order chi connectivity index (χ0) is 16.1. The molecule has 5 heteroatoms. The highest BCUT2D eigenvalue weighted by Crippen LogP contribution is 2.28. The van der Waals surface area contributed by atoms with Crippen LogP contribution in [0.1, 0.15) is 35.4 Å². The van der Waals surface area contributed by atoms with E-state index >= 15 is 0 Å². The molecule has 0 saturated carbocycles. The highest BCUT2D eigenvalue weighted by molar-refractivity contribution is 7.10. The molecule has 3 rings (SSSR count). The highest BCUT2D eigenvalue weighted by Gasteiger charge is 2.25. The van der Waals surface area contributed by atoms with Crippen molar-refractivity contribution >= 4 is 17.2 Å². The van der Waals surface area contributed by atoms with Gasteiger partial charge in [0, 0.05) is 11.4 Å². The quantitative estimate of drug-likeness (QED) is 0.857. The molecule has 4 nitrogen and oxygen atoms in total. The van der Waals surface area contributed by atoms with Crippen molar-refractivity contribution < 1.29 is 4.79 Å². The van der Waals surface area contributed by atoms with Gasteiger partial charge in [-0.15, -0.1) is 11.3 Å². The van der Waals surface area contributed by atoms with Gasteiger partial charge in [0.05, 0.1) is 6.04 Å². The number of hydrogen-bond acceptors (Lipinski definition) is 4. The lowest BCUT2D eigenvalue weighted by Crippen LogP contribution is -2.40. The van der Waals surface area contributed by atoms with Crippen LogP contribution in [0.2, 0.25) is 0 Å². The van der Waals surface area contributed by atoms with Gasteiger partial charge in [-0.05, 0) is 42.9 Å². The van der Waals surface area contributed by atoms with Crippen molar-refractivity contribution in [1.29, 1.82) is 0 Å². The number of carbonyl (C=O) groups excluding carboxylic acids is 1. The van der Waals surface area contributed by atoms with E-state index in [-0.39, 0.29) is 11.9 Å². The van der Waals surface area contributed by atoms with E-state index in [4.69, 9.17) is 5.73 Å². The van der Waals surface area contributed by atoms with Gasteiger partial charge in [0.25, 0.3) is 0 Å². The van der Waals surface area contributed by atoms with Crippen molar-refractivity contribution in [3.8, 4) is 0 Å². The van der Waals surface area contributed by atoms with E-state index in [2.05, 4.69) is 27.7 Å². The van der Waals surface area contributed by atoms with E-state index in [9.17, 15) is 4.79 Å². The van der Waals surface area contributed by atoms with Crippen LogP contribution < -0.4 is 11.1 Å². The minimum absolute atomic E-state index is 0.114. The van der Waals surface area contributed by atoms with E-state index in [1.54, 1.807) is 11.3 Å². The molecule has 2 unspecified atom stereocenters. The Kier molecular flexibility index (Phi) is 5.43. The Balaban J connectivity index is 1.63. The second-order valence-electron chi connectivity index (χ2n) is 5.91. The lowest BCUT2D eigenvalue weighted by molar-refractivity contribution is -0.122. The number of amides is 1. The van der Waals surface area contributed by atoms with Crippen molar-refractivity contribution in [3.63, 3.8) is 0 Å². The smallest absolute Gasteiger partial charge is 0.241 e. The van der Waals surface area contributed by atoms with Crippen molar-refractivity contribution in [1.82, 2.24) is 10.2 Å². The fourth-order valence-electron chi connectivity index (χ4n) is 3.06. The Morgan fingerprint density at radius 2 is 1.91 bits per heavy atom. The molecule has 2 aromatic rings. The van der Waals surface area contributed by atoms with E-state index in [1.807, 2.05) is 30.3 Å². The molecule has 0 bridgehead atoms. The molecule has 1 aliphatic rings. The summed E-state index contributed by atoms with van der Waals surface area (Å²) in [4.78, 5) is 16.1. The second-order valence-corrected chi connectivity index (χ2v) is 6.89. The van der Waals surface area contributed by atoms with Gasteiger partial charge in [-0.1, -0.05) is 36.4 Å². The summed E-state index contributed by atoms with van der Waals surface area (Å²) in [6.07, 6.45) is 2.47. The van der Waals surface area contributed by atoms with Gasteiger partial charge in [0.2, 0.25) is 5.91 Å². The highest BCUT2D eigenvalue weighted by atomic mass is 32.1. The van der Waals surface area contributed by atoms with Crippen LogP contribution >= 0.6 is 11.3 Å². The largest absolute Gasteiger partial charge is 0.352 e. The summed E-state index contributed by atoms with van der Waals surface area (Å²) >= 11 is 1.75.